The normalized spacial score (nSPS) is 12.9. The Bertz CT molecular complexity index is 624. The Hall–Kier alpha value is -1.85. The molecule has 0 saturated carbocycles. The number of quaternary nitrogens is 1. The predicted octanol–water partition coefficient (Wildman–Crippen LogP) is 2.55. The van der Waals surface area contributed by atoms with Crippen LogP contribution in [0.5, 0.6) is 11.5 Å². The number of benzene rings is 1. The second-order valence-corrected chi connectivity index (χ2v) is 6.69. The zero-order chi connectivity index (χ0) is 16.7. The molecule has 0 aliphatic heterocycles. The van der Waals surface area contributed by atoms with Gasteiger partial charge in [-0.05, 0) is 30.0 Å². The van der Waals surface area contributed by atoms with Crippen LogP contribution in [0.4, 0.5) is 0 Å². The number of nitrogens with one attached hydrogen (secondary N) is 1. The molecule has 1 heterocycles. The van der Waals surface area contributed by atoms with Crippen molar-refractivity contribution >= 4 is 17.6 Å². The van der Waals surface area contributed by atoms with Crippen LogP contribution in [0.3, 0.4) is 0 Å². The number of thiophene rings is 1. The Morgan fingerprint density at radius 2 is 2.17 bits per heavy atom. The van der Waals surface area contributed by atoms with Crippen LogP contribution in [-0.4, -0.2) is 38.6 Å². The Labute approximate surface area is 142 Å². The van der Waals surface area contributed by atoms with Crippen LogP contribution < -0.4 is 9.64 Å². The van der Waals surface area contributed by atoms with E-state index in [2.05, 4.69) is 43.5 Å². The molecule has 0 radical (unpaired) electrons. The maximum atomic E-state index is 10.1. The van der Waals surface area contributed by atoms with Crippen molar-refractivity contribution in [3.8, 4) is 11.5 Å². The van der Waals surface area contributed by atoms with Crippen molar-refractivity contribution < 1.29 is 14.7 Å². The first-order chi connectivity index (χ1) is 11.1. The molecule has 0 spiro atoms. The Balaban J connectivity index is 2.02. The molecule has 0 unspecified atom stereocenters. The summed E-state index contributed by atoms with van der Waals surface area (Å²) in [6.07, 6.45) is 2.68. The Morgan fingerprint density at radius 1 is 1.35 bits per heavy atom. The molecule has 0 bridgehead atoms. The van der Waals surface area contributed by atoms with E-state index < -0.39 is 0 Å². The van der Waals surface area contributed by atoms with Crippen molar-refractivity contribution in [2.45, 2.75) is 19.4 Å². The van der Waals surface area contributed by atoms with Crippen molar-refractivity contribution in [3.63, 3.8) is 0 Å². The summed E-state index contributed by atoms with van der Waals surface area (Å²) in [5.74, 6) is 0.892. The number of aliphatic imine (C=N–C) groups is 1. The van der Waals surface area contributed by atoms with Gasteiger partial charge in [-0.15, -0.1) is 11.3 Å². The number of aromatic hydroxyl groups is 1. The summed E-state index contributed by atoms with van der Waals surface area (Å²) < 4.78 is 5.51. The van der Waals surface area contributed by atoms with Crippen LogP contribution in [0, 0.1) is 0 Å². The van der Waals surface area contributed by atoms with Crippen LogP contribution in [0.25, 0.3) is 0 Å². The maximum Gasteiger partial charge on any atom is 0.142 e. The molecule has 124 valence electrons. The van der Waals surface area contributed by atoms with Gasteiger partial charge < -0.3 is 14.7 Å². The van der Waals surface area contributed by atoms with Crippen molar-refractivity contribution in [1.82, 2.24) is 0 Å². The molecule has 0 fully saturated rings. The first-order valence-corrected chi connectivity index (χ1v) is 8.79. The van der Waals surface area contributed by atoms with E-state index in [0.29, 0.717) is 30.5 Å². The zero-order valence-electron chi connectivity index (χ0n) is 14.0. The average molecular weight is 333 g/mol. The Morgan fingerprint density at radius 3 is 2.78 bits per heavy atom. The van der Waals surface area contributed by atoms with Crippen LogP contribution >= 0.6 is 11.3 Å². The van der Waals surface area contributed by atoms with E-state index in [0.717, 1.165) is 6.42 Å². The van der Waals surface area contributed by atoms with E-state index in [1.54, 1.807) is 23.6 Å². The van der Waals surface area contributed by atoms with E-state index >= 15 is 0 Å². The topological polar surface area (TPSA) is 46.3 Å². The fourth-order valence-corrected chi connectivity index (χ4v) is 3.19. The fraction of sp³-hybridized carbons (Fsp3) is 0.389. The van der Waals surface area contributed by atoms with E-state index in [1.807, 2.05) is 12.1 Å². The van der Waals surface area contributed by atoms with Gasteiger partial charge in [0.25, 0.3) is 0 Å². The summed E-state index contributed by atoms with van der Waals surface area (Å²) in [4.78, 5) is 7.20. The number of ether oxygens (including phenoxy) is 1. The lowest BCUT2D eigenvalue weighted by Gasteiger charge is -2.18. The van der Waals surface area contributed by atoms with E-state index in [9.17, 15) is 5.11 Å². The van der Waals surface area contributed by atoms with Gasteiger partial charge in [0.15, 0.2) is 0 Å². The number of nitrogens with zero attached hydrogens (tertiary/aromatic N) is 1. The van der Waals surface area contributed by atoms with Crippen LogP contribution in [0.2, 0.25) is 0 Å². The van der Waals surface area contributed by atoms with Gasteiger partial charge in [0.05, 0.1) is 32.1 Å². The van der Waals surface area contributed by atoms with Gasteiger partial charge in [-0.2, -0.15) is 0 Å². The lowest BCUT2D eigenvalue weighted by molar-refractivity contribution is -0.890. The summed E-state index contributed by atoms with van der Waals surface area (Å²) in [6.45, 7) is 3.40. The summed E-state index contributed by atoms with van der Waals surface area (Å²) >= 11 is 1.76. The second kappa shape index (κ2) is 8.70. The highest BCUT2D eigenvalue weighted by Crippen LogP contribution is 2.23. The molecule has 0 amide bonds. The van der Waals surface area contributed by atoms with Gasteiger partial charge in [0.1, 0.15) is 17.5 Å². The number of rotatable bonds is 8. The minimum atomic E-state index is 0.201. The first kappa shape index (κ1) is 17.5. The van der Waals surface area contributed by atoms with E-state index in [1.165, 1.54) is 9.78 Å². The quantitative estimate of drug-likeness (QED) is 0.729. The molecule has 5 heteroatoms. The molecule has 1 aromatic heterocycles. The molecule has 23 heavy (non-hydrogen) atoms. The third kappa shape index (κ3) is 5.08. The van der Waals surface area contributed by atoms with Crippen molar-refractivity contribution in [2.75, 3.05) is 27.2 Å². The molecular weight excluding hydrogens is 308 g/mol. The number of hydrogen-bond acceptors (Lipinski definition) is 4. The van der Waals surface area contributed by atoms with Crippen LogP contribution in [-0.2, 0) is 0 Å². The van der Waals surface area contributed by atoms with Crippen molar-refractivity contribution in [1.29, 1.82) is 0 Å². The van der Waals surface area contributed by atoms with Gasteiger partial charge in [-0.25, -0.2) is 0 Å². The lowest BCUT2D eigenvalue weighted by atomic mass is 10.2. The maximum absolute atomic E-state index is 10.1. The van der Waals surface area contributed by atoms with Gasteiger partial charge in [0.2, 0.25) is 0 Å². The SMILES string of the molecule is CCCOc1ccc(C=NC[C@@H](c2cccs2)[NH+](C)C)c(O)c1. The zero-order valence-corrected chi connectivity index (χ0v) is 14.8. The third-order valence-corrected chi connectivity index (χ3v) is 4.56. The van der Waals surface area contributed by atoms with E-state index in [-0.39, 0.29) is 5.75 Å². The molecule has 2 N–H and O–H groups in total. The van der Waals surface area contributed by atoms with Crippen LogP contribution in [0.1, 0.15) is 29.8 Å². The standard InChI is InChI=1S/C18H24N2O2S/c1-4-9-22-15-8-7-14(17(21)11-15)12-19-13-16(20(2)3)18-6-5-10-23-18/h5-8,10-12,16,21H,4,9,13H2,1-3H3/p+1/t16-/m0/s1. The van der Waals surface area contributed by atoms with Gasteiger partial charge >= 0.3 is 0 Å². The predicted molar refractivity (Wildman–Crippen MR) is 96.2 cm³/mol. The number of phenols is 1. The monoisotopic (exact) mass is 333 g/mol. The average Bonchev–Trinajstić information content (AvgIpc) is 3.04. The third-order valence-electron chi connectivity index (χ3n) is 3.58. The van der Waals surface area contributed by atoms with Gasteiger partial charge in [-0.3, -0.25) is 4.99 Å². The summed E-state index contributed by atoms with van der Waals surface area (Å²) in [7, 11) is 4.27. The molecule has 1 aromatic carbocycles. The van der Waals surface area contributed by atoms with Crippen molar-refractivity contribution in [2.24, 2.45) is 4.99 Å². The van der Waals surface area contributed by atoms with E-state index in [4.69, 9.17) is 4.74 Å². The van der Waals surface area contributed by atoms with Crippen LogP contribution in [0.15, 0.2) is 40.7 Å². The highest BCUT2D eigenvalue weighted by atomic mass is 32.1. The van der Waals surface area contributed by atoms with Gasteiger partial charge in [0, 0.05) is 17.8 Å². The smallest absolute Gasteiger partial charge is 0.142 e. The fourth-order valence-electron chi connectivity index (χ4n) is 2.25. The molecule has 4 nitrogen and oxygen atoms in total. The minimum Gasteiger partial charge on any atom is -0.507 e. The highest BCUT2D eigenvalue weighted by Gasteiger charge is 2.17. The largest absolute Gasteiger partial charge is 0.507 e. The highest BCUT2D eigenvalue weighted by molar-refractivity contribution is 7.10. The molecule has 0 aliphatic carbocycles. The van der Waals surface area contributed by atoms with Crippen molar-refractivity contribution in [3.05, 3.63) is 46.2 Å². The number of likely N-dealkylation sites (N-methyl/N-ethyl adjacent to an activating group) is 1. The number of hydrogen-bond donors (Lipinski definition) is 2. The lowest BCUT2D eigenvalue weighted by Crippen LogP contribution is -3.06. The molecule has 2 aromatic rings. The summed E-state index contributed by atoms with van der Waals surface area (Å²) in [5, 5.41) is 12.2. The Kier molecular flexibility index (Phi) is 6.62. The minimum absolute atomic E-state index is 0.201. The second-order valence-electron chi connectivity index (χ2n) is 5.71. The summed E-state index contributed by atoms with van der Waals surface area (Å²) in [5.41, 5.74) is 0.715. The molecule has 1 atom stereocenters. The molecule has 0 aliphatic rings. The number of phenolic OH excluding ortho intramolecular Hbond substituents is 1. The molecule has 0 saturated heterocycles. The first-order valence-electron chi connectivity index (χ1n) is 7.91. The van der Waals surface area contributed by atoms with Gasteiger partial charge in [-0.1, -0.05) is 13.0 Å². The molecular formula is C18H25N2O2S+. The summed E-state index contributed by atoms with van der Waals surface area (Å²) in [6, 6.07) is 9.90. The molecule has 2 rings (SSSR count).